The molecule has 100 valence electrons. The number of carbonyl (C=O) groups is 1. The Labute approximate surface area is 109 Å². The van der Waals surface area contributed by atoms with Crippen LogP contribution in [0.4, 0.5) is 0 Å². The Bertz CT molecular complexity index is 378. The van der Waals surface area contributed by atoms with Gasteiger partial charge in [0.25, 0.3) is 0 Å². The van der Waals surface area contributed by atoms with E-state index < -0.39 is 5.60 Å². The second-order valence-electron chi connectivity index (χ2n) is 5.39. The van der Waals surface area contributed by atoms with E-state index >= 15 is 0 Å². The van der Waals surface area contributed by atoms with Gasteiger partial charge in [-0.25, -0.2) is 0 Å². The molecule has 0 aliphatic heterocycles. The molecule has 0 saturated carbocycles. The van der Waals surface area contributed by atoms with E-state index in [1.54, 1.807) is 7.11 Å². The number of methoxy groups -OCH3 is 1. The van der Waals surface area contributed by atoms with E-state index in [2.05, 4.69) is 0 Å². The minimum Gasteiger partial charge on any atom is -0.460 e. The second kappa shape index (κ2) is 6.01. The van der Waals surface area contributed by atoms with Crippen molar-refractivity contribution in [3.05, 3.63) is 35.9 Å². The van der Waals surface area contributed by atoms with Crippen LogP contribution < -0.4 is 0 Å². The van der Waals surface area contributed by atoms with Gasteiger partial charge >= 0.3 is 5.97 Å². The van der Waals surface area contributed by atoms with Gasteiger partial charge in [-0.15, -0.1) is 0 Å². The lowest BCUT2D eigenvalue weighted by molar-refractivity contribution is -0.164. The third-order valence-corrected chi connectivity index (χ3v) is 2.61. The van der Waals surface area contributed by atoms with E-state index in [1.807, 2.05) is 58.0 Å². The van der Waals surface area contributed by atoms with E-state index in [4.69, 9.17) is 9.47 Å². The molecule has 0 aliphatic rings. The molecule has 0 unspecified atom stereocenters. The van der Waals surface area contributed by atoms with E-state index in [0.717, 1.165) is 5.56 Å². The van der Waals surface area contributed by atoms with Crippen molar-refractivity contribution in [1.29, 1.82) is 0 Å². The van der Waals surface area contributed by atoms with Crippen LogP contribution in [0.2, 0.25) is 0 Å². The first-order valence-corrected chi connectivity index (χ1v) is 6.16. The maximum Gasteiger partial charge on any atom is 0.312 e. The van der Waals surface area contributed by atoms with Crippen LogP contribution in [0.5, 0.6) is 0 Å². The highest BCUT2D eigenvalue weighted by Crippen LogP contribution is 2.27. The van der Waals surface area contributed by atoms with Gasteiger partial charge in [-0.2, -0.15) is 0 Å². The van der Waals surface area contributed by atoms with Gasteiger partial charge in [0.05, 0.1) is 12.0 Å². The molecule has 0 aromatic heterocycles. The van der Waals surface area contributed by atoms with E-state index in [9.17, 15) is 4.79 Å². The second-order valence-corrected chi connectivity index (χ2v) is 5.39. The molecule has 0 spiro atoms. The molecule has 0 heterocycles. The Hall–Kier alpha value is -1.35. The van der Waals surface area contributed by atoms with Crippen LogP contribution in [0, 0.1) is 5.92 Å². The molecule has 0 amide bonds. The third-order valence-electron chi connectivity index (χ3n) is 2.61. The number of esters is 1. The molecule has 2 atom stereocenters. The molecule has 0 aliphatic carbocycles. The first-order chi connectivity index (χ1) is 8.35. The molecule has 1 aromatic carbocycles. The fourth-order valence-electron chi connectivity index (χ4n) is 1.79. The minimum absolute atomic E-state index is 0.238. The molecular formula is C15H22O3. The Morgan fingerprint density at radius 3 is 2.17 bits per heavy atom. The lowest BCUT2D eigenvalue weighted by Crippen LogP contribution is -2.30. The monoisotopic (exact) mass is 250 g/mol. The average Bonchev–Trinajstić information content (AvgIpc) is 2.29. The third kappa shape index (κ3) is 4.15. The minimum atomic E-state index is -0.472. The normalized spacial score (nSPS) is 14.9. The van der Waals surface area contributed by atoms with Gasteiger partial charge in [-0.3, -0.25) is 4.79 Å². The predicted molar refractivity (Wildman–Crippen MR) is 71.2 cm³/mol. The van der Waals surface area contributed by atoms with Crippen LogP contribution in [0.3, 0.4) is 0 Å². The maximum atomic E-state index is 12.0. The largest absolute Gasteiger partial charge is 0.460 e. The van der Waals surface area contributed by atoms with Gasteiger partial charge < -0.3 is 9.47 Å². The summed E-state index contributed by atoms with van der Waals surface area (Å²) in [5.41, 5.74) is 0.513. The molecule has 0 bridgehead atoms. The smallest absolute Gasteiger partial charge is 0.312 e. The molecule has 0 fully saturated rings. The Morgan fingerprint density at radius 2 is 1.72 bits per heavy atom. The fourth-order valence-corrected chi connectivity index (χ4v) is 1.79. The van der Waals surface area contributed by atoms with Gasteiger partial charge in [0.2, 0.25) is 0 Å². The maximum absolute atomic E-state index is 12.0. The number of hydrogen-bond donors (Lipinski definition) is 0. The highest BCUT2D eigenvalue weighted by molar-refractivity contribution is 5.73. The molecule has 3 heteroatoms. The summed E-state index contributed by atoms with van der Waals surface area (Å²) >= 11 is 0. The van der Waals surface area contributed by atoms with Crippen LogP contribution in [-0.2, 0) is 14.3 Å². The van der Waals surface area contributed by atoms with Gasteiger partial charge in [0, 0.05) is 7.11 Å². The number of benzene rings is 1. The molecule has 1 rings (SSSR count). The van der Waals surface area contributed by atoms with Crippen molar-refractivity contribution in [3.8, 4) is 0 Å². The van der Waals surface area contributed by atoms with Gasteiger partial charge in [-0.05, 0) is 33.3 Å². The highest BCUT2D eigenvalue weighted by Gasteiger charge is 2.29. The molecular weight excluding hydrogens is 228 g/mol. The summed E-state index contributed by atoms with van der Waals surface area (Å²) in [5, 5.41) is 0. The van der Waals surface area contributed by atoms with Crippen LogP contribution in [0.15, 0.2) is 30.3 Å². The van der Waals surface area contributed by atoms with E-state index in [1.165, 1.54) is 0 Å². The van der Waals surface area contributed by atoms with Crippen molar-refractivity contribution in [2.24, 2.45) is 5.92 Å². The van der Waals surface area contributed by atoms with Crippen molar-refractivity contribution in [2.45, 2.75) is 39.4 Å². The first kappa shape index (κ1) is 14.7. The van der Waals surface area contributed by atoms with Crippen LogP contribution in [-0.4, -0.2) is 18.7 Å². The average molecular weight is 250 g/mol. The lowest BCUT2D eigenvalue weighted by Gasteiger charge is -2.26. The Morgan fingerprint density at radius 1 is 1.17 bits per heavy atom. The zero-order valence-corrected chi connectivity index (χ0v) is 11.8. The van der Waals surface area contributed by atoms with Crippen molar-refractivity contribution in [1.82, 2.24) is 0 Å². The summed E-state index contributed by atoms with van der Waals surface area (Å²) in [6, 6.07) is 9.71. The summed E-state index contributed by atoms with van der Waals surface area (Å²) < 4.78 is 10.8. The summed E-state index contributed by atoms with van der Waals surface area (Å²) in [7, 11) is 1.61. The number of carbonyl (C=O) groups excluding carboxylic acids is 1. The van der Waals surface area contributed by atoms with Crippen LogP contribution >= 0.6 is 0 Å². The number of hydrogen-bond acceptors (Lipinski definition) is 3. The standard InChI is InChI=1S/C15H22O3/c1-11(14(16)18-15(2,3)4)13(17-5)12-9-7-6-8-10-12/h6-11,13H,1-5H3/t11-,13+/m0/s1. The summed E-state index contributed by atoms with van der Waals surface area (Å²) in [6.45, 7) is 7.42. The van der Waals surface area contributed by atoms with E-state index in [-0.39, 0.29) is 18.0 Å². The SMILES string of the molecule is CO[C@@H](c1ccccc1)[C@H](C)C(=O)OC(C)(C)C. The highest BCUT2D eigenvalue weighted by atomic mass is 16.6. The fraction of sp³-hybridized carbons (Fsp3) is 0.533. The van der Waals surface area contributed by atoms with Gasteiger partial charge in [0.1, 0.15) is 5.60 Å². The molecule has 18 heavy (non-hydrogen) atoms. The summed E-state index contributed by atoms with van der Waals surface area (Å²) in [4.78, 5) is 12.0. The van der Waals surface area contributed by atoms with Crippen molar-refractivity contribution < 1.29 is 14.3 Å². The van der Waals surface area contributed by atoms with Crippen molar-refractivity contribution >= 4 is 5.97 Å². The quantitative estimate of drug-likeness (QED) is 0.769. The molecule has 0 radical (unpaired) electrons. The predicted octanol–water partition coefficient (Wildman–Crippen LogP) is 3.35. The first-order valence-electron chi connectivity index (χ1n) is 6.16. The van der Waals surface area contributed by atoms with Crippen molar-refractivity contribution in [2.75, 3.05) is 7.11 Å². The van der Waals surface area contributed by atoms with E-state index in [0.29, 0.717) is 0 Å². The van der Waals surface area contributed by atoms with Gasteiger partial charge in [-0.1, -0.05) is 30.3 Å². The van der Waals surface area contributed by atoms with Crippen molar-refractivity contribution in [3.63, 3.8) is 0 Å². The molecule has 0 N–H and O–H groups in total. The number of ether oxygens (including phenoxy) is 2. The van der Waals surface area contributed by atoms with Crippen LogP contribution in [0.1, 0.15) is 39.4 Å². The van der Waals surface area contributed by atoms with Gasteiger partial charge in [0.15, 0.2) is 0 Å². The molecule has 1 aromatic rings. The zero-order valence-electron chi connectivity index (χ0n) is 11.8. The topological polar surface area (TPSA) is 35.5 Å². The Balaban J connectivity index is 2.80. The molecule has 3 nitrogen and oxygen atoms in total. The Kier molecular flexibility index (Phi) is 4.91. The summed E-state index contributed by atoms with van der Waals surface area (Å²) in [6.07, 6.45) is -0.277. The number of rotatable bonds is 4. The summed E-state index contributed by atoms with van der Waals surface area (Å²) in [5.74, 6) is -0.574. The van der Waals surface area contributed by atoms with Crippen LogP contribution in [0.25, 0.3) is 0 Å². The zero-order chi connectivity index (χ0) is 13.8. The lowest BCUT2D eigenvalue weighted by atomic mass is 9.97. The molecule has 0 saturated heterocycles.